The molecular weight excluding hydrogens is 465 g/mol. The minimum absolute atomic E-state index is 0.000791. The molecule has 0 amide bonds. The average Bonchev–Trinajstić information content (AvgIpc) is 2.72. The van der Waals surface area contributed by atoms with E-state index in [2.05, 4.69) is 9.97 Å². The summed E-state index contributed by atoms with van der Waals surface area (Å²) in [6.07, 6.45) is 0. The number of nitrogens with zero attached hydrogens (tertiary/aromatic N) is 2. The lowest BCUT2D eigenvalue weighted by Crippen LogP contribution is -2.31. The van der Waals surface area contributed by atoms with E-state index < -0.39 is 21.6 Å². The smallest absolute Gasteiger partial charge is 0.338 e. The van der Waals surface area contributed by atoms with Crippen molar-refractivity contribution in [2.45, 2.75) is 25.3 Å². The van der Waals surface area contributed by atoms with Crippen LogP contribution in [0.5, 0.6) is 0 Å². The first-order chi connectivity index (χ1) is 14.7. The summed E-state index contributed by atoms with van der Waals surface area (Å²) in [7, 11) is -3.87. The van der Waals surface area contributed by atoms with Crippen molar-refractivity contribution in [3.05, 3.63) is 68.2 Å². The Bertz CT molecular complexity index is 1300. The highest BCUT2D eigenvalue weighted by Gasteiger charge is 2.26. The zero-order chi connectivity index (χ0) is 22.8. The van der Waals surface area contributed by atoms with E-state index in [1.54, 1.807) is 26.0 Å². The average molecular weight is 484 g/mol. The Hall–Kier alpha value is -2.46. The lowest BCUT2D eigenvalue weighted by atomic mass is 10.2. The van der Waals surface area contributed by atoms with Crippen LogP contribution in [0.25, 0.3) is 10.9 Å². The van der Waals surface area contributed by atoms with Gasteiger partial charge >= 0.3 is 5.97 Å². The van der Waals surface area contributed by atoms with Gasteiger partial charge in [-0.1, -0.05) is 37.0 Å². The van der Waals surface area contributed by atoms with Crippen LogP contribution in [0.4, 0.5) is 0 Å². The van der Waals surface area contributed by atoms with Crippen LogP contribution in [0.15, 0.2) is 46.1 Å². The molecule has 3 rings (SSSR count). The molecule has 0 bridgehead atoms. The molecule has 0 saturated heterocycles. The number of ether oxygens (including phenoxy) is 1. The van der Waals surface area contributed by atoms with Crippen molar-refractivity contribution >= 4 is 50.1 Å². The highest BCUT2D eigenvalue weighted by atomic mass is 35.5. The highest BCUT2D eigenvalue weighted by Crippen LogP contribution is 2.26. The van der Waals surface area contributed by atoms with Gasteiger partial charge in [0, 0.05) is 18.1 Å². The fourth-order valence-corrected chi connectivity index (χ4v) is 5.10. The van der Waals surface area contributed by atoms with Crippen LogP contribution in [-0.2, 0) is 21.4 Å². The third-order valence-corrected chi connectivity index (χ3v) is 7.31. The van der Waals surface area contributed by atoms with Crippen LogP contribution < -0.4 is 5.56 Å². The van der Waals surface area contributed by atoms with Gasteiger partial charge in [0.1, 0.15) is 17.3 Å². The molecule has 1 N–H and O–H groups in total. The molecule has 3 aromatic rings. The monoisotopic (exact) mass is 483 g/mol. The Morgan fingerprint density at radius 1 is 1.13 bits per heavy atom. The lowest BCUT2D eigenvalue weighted by molar-refractivity contribution is 0.0462. The number of benzene rings is 2. The summed E-state index contributed by atoms with van der Waals surface area (Å²) < 4.78 is 32.0. The van der Waals surface area contributed by atoms with Gasteiger partial charge in [-0.2, -0.15) is 4.31 Å². The van der Waals surface area contributed by atoms with Gasteiger partial charge in [-0.05, 0) is 36.4 Å². The Balaban J connectivity index is 1.85. The van der Waals surface area contributed by atoms with Gasteiger partial charge < -0.3 is 9.72 Å². The molecule has 1 aromatic heterocycles. The van der Waals surface area contributed by atoms with Crippen LogP contribution in [0, 0.1) is 0 Å². The van der Waals surface area contributed by atoms with Crippen molar-refractivity contribution in [2.24, 2.45) is 0 Å². The summed E-state index contributed by atoms with van der Waals surface area (Å²) in [5.41, 5.74) is -0.0329. The van der Waals surface area contributed by atoms with Crippen molar-refractivity contribution in [3.63, 3.8) is 0 Å². The summed E-state index contributed by atoms with van der Waals surface area (Å²) in [4.78, 5) is 31.3. The standard InChI is InChI=1S/C20H19Cl2N3O5S/c1-3-25(4-2)31(28,29)17-9-12(5-8-15(17)22)20(27)30-11-18-23-16-10-13(21)6-7-14(16)19(26)24-18/h5-10H,3-4,11H2,1-2H3,(H,23,24,26). The van der Waals surface area contributed by atoms with Gasteiger partial charge in [0.2, 0.25) is 10.0 Å². The van der Waals surface area contributed by atoms with Crippen LogP contribution in [0.2, 0.25) is 10.0 Å². The number of carbonyl (C=O) groups is 1. The van der Waals surface area contributed by atoms with Crippen LogP contribution in [0.3, 0.4) is 0 Å². The molecule has 0 saturated carbocycles. The zero-order valence-corrected chi connectivity index (χ0v) is 19.0. The summed E-state index contributed by atoms with van der Waals surface area (Å²) >= 11 is 12.0. The van der Waals surface area contributed by atoms with Crippen molar-refractivity contribution in [1.29, 1.82) is 0 Å². The van der Waals surface area contributed by atoms with Crippen molar-refractivity contribution in [3.8, 4) is 0 Å². The van der Waals surface area contributed by atoms with Crippen molar-refractivity contribution in [1.82, 2.24) is 14.3 Å². The number of aromatic nitrogens is 2. The summed E-state index contributed by atoms with van der Waals surface area (Å²) in [6, 6.07) is 8.51. The van der Waals surface area contributed by atoms with E-state index in [4.69, 9.17) is 27.9 Å². The number of rotatable bonds is 7. The molecule has 164 valence electrons. The Labute approximate surface area is 188 Å². The summed E-state index contributed by atoms with van der Waals surface area (Å²) in [5, 5.41) is 0.765. The second kappa shape index (κ2) is 9.35. The Kier molecular flexibility index (Phi) is 7.00. The first-order valence-electron chi connectivity index (χ1n) is 9.32. The number of fused-ring (bicyclic) bond motifs is 1. The summed E-state index contributed by atoms with van der Waals surface area (Å²) in [5.74, 6) is -0.667. The normalized spacial score (nSPS) is 11.8. The van der Waals surface area contributed by atoms with Crippen molar-refractivity contribution in [2.75, 3.05) is 13.1 Å². The summed E-state index contributed by atoms with van der Waals surface area (Å²) in [6.45, 7) is 3.61. The van der Waals surface area contributed by atoms with E-state index in [-0.39, 0.29) is 41.0 Å². The molecule has 31 heavy (non-hydrogen) atoms. The largest absolute Gasteiger partial charge is 0.454 e. The quantitative estimate of drug-likeness (QED) is 0.513. The SMILES string of the molecule is CCN(CC)S(=O)(=O)c1cc(C(=O)OCc2nc3cc(Cl)ccc3c(=O)[nH]2)ccc1Cl. The number of nitrogens with one attached hydrogen (secondary N) is 1. The number of halogens is 2. The van der Waals surface area contributed by atoms with E-state index in [0.717, 1.165) is 0 Å². The number of hydrogen-bond acceptors (Lipinski definition) is 6. The molecule has 0 spiro atoms. The second-order valence-electron chi connectivity index (χ2n) is 6.48. The topological polar surface area (TPSA) is 109 Å². The third kappa shape index (κ3) is 4.90. The van der Waals surface area contributed by atoms with Gasteiger partial charge in [-0.15, -0.1) is 0 Å². The van der Waals surface area contributed by atoms with E-state index in [0.29, 0.717) is 15.9 Å². The number of H-pyrrole nitrogens is 1. The maximum atomic E-state index is 12.8. The molecule has 1 heterocycles. The maximum Gasteiger partial charge on any atom is 0.338 e. The third-order valence-electron chi connectivity index (χ3n) is 4.55. The molecule has 0 radical (unpaired) electrons. The molecule has 0 aliphatic carbocycles. The number of aromatic amines is 1. The lowest BCUT2D eigenvalue weighted by Gasteiger charge is -2.19. The molecule has 2 aromatic carbocycles. The molecule has 0 unspecified atom stereocenters. The van der Waals surface area contributed by atoms with Gasteiger partial charge in [0.25, 0.3) is 5.56 Å². The number of sulfonamides is 1. The molecule has 0 atom stereocenters. The van der Waals surface area contributed by atoms with Gasteiger partial charge in [-0.25, -0.2) is 18.2 Å². The fourth-order valence-electron chi connectivity index (χ4n) is 2.98. The molecule has 0 fully saturated rings. The van der Waals surface area contributed by atoms with Gasteiger partial charge in [0.15, 0.2) is 0 Å². The fraction of sp³-hybridized carbons (Fsp3) is 0.250. The van der Waals surface area contributed by atoms with E-state index >= 15 is 0 Å². The predicted molar refractivity (Wildman–Crippen MR) is 118 cm³/mol. The maximum absolute atomic E-state index is 12.8. The van der Waals surface area contributed by atoms with Crippen molar-refractivity contribution < 1.29 is 17.9 Å². The van der Waals surface area contributed by atoms with Crippen LogP contribution in [0.1, 0.15) is 30.0 Å². The van der Waals surface area contributed by atoms with Gasteiger partial charge in [0.05, 0.1) is 21.5 Å². The van der Waals surface area contributed by atoms with E-state index in [9.17, 15) is 18.0 Å². The first kappa shape index (κ1) is 23.2. The highest BCUT2D eigenvalue weighted by molar-refractivity contribution is 7.89. The minimum atomic E-state index is -3.87. The Morgan fingerprint density at radius 2 is 1.84 bits per heavy atom. The van der Waals surface area contributed by atoms with E-state index in [1.165, 1.54) is 28.6 Å². The molecule has 0 aliphatic heterocycles. The predicted octanol–water partition coefficient (Wildman–Crippen LogP) is 3.62. The van der Waals surface area contributed by atoms with E-state index in [1.807, 2.05) is 0 Å². The van der Waals surface area contributed by atoms with Crippen LogP contribution in [-0.4, -0.2) is 41.7 Å². The Morgan fingerprint density at radius 3 is 2.52 bits per heavy atom. The minimum Gasteiger partial charge on any atom is -0.454 e. The molecule has 0 aliphatic rings. The molecule has 8 nitrogen and oxygen atoms in total. The molecular formula is C20H19Cl2N3O5S. The van der Waals surface area contributed by atoms with Crippen LogP contribution >= 0.6 is 23.2 Å². The first-order valence-corrected chi connectivity index (χ1v) is 11.5. The number of esters is 1. The molecule has 11 heteroatoms. The number of carbonyl (C=O) groups excluding carboxylic acids is 1. The van der Waals surface area contributed by atoms with Gasteiger partial charge in [-0.3, -0.25) is 4.79 Å². The number of hydrogen-bond donors (Lipinski definition) is 1. The zero-order valence-electron chi connectivity index (χ0n) is 16.7. The second-order valence-corrected chi connectivity index (χ2v) is 9.23.